The van der Waals surface area contributed by atoms with E-state index in [1.807, 2.05) is 12.1 Å². The molecular weight excluding hydrogens is 324 g/mol. The fourth-order valence-corrected chi connectivity index (χ4v) is 4.81. The largest absolute Gasteiger partial charge is 0.616 e. The van der Waals surface area contributed by atoms with E-state index in [9.17, 15) is 14.1 Å². The molecule has 0 aromatic heterocycles. The fraction of sp³-hybridized carbons (Fsp3) is 0.556. The molecule has 6 heteroatoms. The number of hydrogen-bond acceptors (Lipinski definition) is 3. The molecule has 24 heavy (non-hydrogen) atoms. The summed E-state index contributed by atoms with van der Waals surface area (Å²) in [4.78, 5) is 26.1. The van der Waals surface area contributed by atoms with Gasteiger partial charge in [0.2, 0.25) is 5.91 Å². The lowest BCUT2D eigenvalue weighted by Crippen LogP contribution is -2.41. The van der Waals surface area contributed by atoms with Crippen LogP contribution in [0.1, 0.15) is 42.6 Å². The summed E-state index contributed by atoms with van der Waals surface area (Å²) in [5.74, 6) is 1.67. The van der Waals surface area contributed by atoms with Crippen molar-refractivity contribution in [3.05, 3.63) is 29.3 Å². The number of anilines is 1. The van der Waals surface area contributed by atoms with Crippen LogP contribution in [-0.2, 0) is 22.4 Å². The summed E-state index contributed by atoms with van der Waals surface area (Å²) >= 11 is -0.723. The molecule has 1 N–H and O–H groups in total. The molecule has 2 aliphatic rings. The Labute approximate surface area is 146 Å². The minimum Gasteiger partial charge on any atom is -0.616 e. The van der Waals surface area contributed by atoms with E-state index in [2.05, 4.69) is 12.2 Å². The van der Waals surface area contributed by atoms with E-state index in [4.69, 9.17) is 0 Å². The lowest BCUT2D eigenvalue weighted by atomic mass is 9.92. The third kappa shape index (κ3) is 3.75. The predicted molar refractivity (Wildman–Crippen MR) is 95.7 cm³/mol. The number of rotatable bonds is 2. The van der Waals surface area contributed by atoms with Gasteiger partial charge in [0.05, 0.1) is 0 Å². The topological polar surface area (TPSA) is 72.5 Å². The van der Waals surface area contributed by atoms with Crippen molar-refractivity contribution in [1.29, 1.82) is 0 Å². The molecule has 3 rings (SSSR count). The first-order valence-electron chi connectivity index (χ1n) is 8.51. The summed E-state index contributed by atoms with van der Waals surface area (Å²) < 4.78 is 11.4. The summed E-state index contributed by atoms with van der Waals surface area (Å²) in [6, 6.07) is 5.70. The van der Waals surface area contributed by atoms with Crippen LogP contribution in [-0.4, -0.2) is 40.5 Å². The van der Waals surface area contributed by atoms with Gasteiger partial charge in [-0.25, -0.2) is 0 Å². The summed E-state index contributed by atoms with van der Waals surface area (Å²) in [5, 5.41) is 3.05. The molecule has 130 valence electrons. The molecule has 1 atom stereocenters. The second-order valence-corrected chi connectivity index (χ2v) is 8.57. The number of carbonyl (C=O) groups excluding carboxylic acids is 2. The monoisotopic (exact) mass is 348 g/mol. The van der Waals surface area contributed by atoms with Gasteiger partial charge in [-0.2, -0.15) is 0 Å². The first-order valence-corrected chi connectivity index (χ1v) is 9.99. The maximum Gasteiger partial charge on any atom is 0.251 e. The van der Waals surface area contributed by atoms with Gasteiger partial charge in [0.15, 0.2) is 0 Å². The standard InChI is InChI=1S/C18H24N2O3S/c1-12-9-15-10-14(3-4-17(15)20(11-12)13(2)21)18(22)19-16-5-7-24(23)8-6-16/h3-4,10,12,16H,5-9,11H2,1-2H3,(H,19,22). The molecular formula is C18H24N2O3S. The van der Waals surface area contributed by atoms with E-state index in [1.165, 1.54) is 0 Å². The lowest BCUT2D eigenvalue weighted by molar-refractivity contribution is -0.116. The zero-order valence-electron chi connectivity index (χ0n) is 14.2. The maximum absolute atomic E-state index is 12.5. The molecule has 1 saturated heterocycles. The van der Waals surface area contributed by atoms with Crippen LogP contribution in [0.2, 0.25) is 0 Å². The van der Waals surface area contributed by atoms with Gasteiger partial charge in [-0.3, -0.25) is 9.59 Å². The Hall–Kier alpha value is -1.53. The Bertz CT molecular complexity index is 641. The third-order valence-electron chi connectivity index (χ3n) is 4.80. The normalized spacial score (nSPS) is 26.6. The SMILES string of the molecule is CC(=O)N1CC(C)Cc2cc(C(=O)NC3CC[S+]([O-])CC3)ccc21. The van der Waals surface area contributed by atoms with Crippen LogP contribution < -0.4 is 10.2 Å². The highest BCUT2D eigenvalue weighted by Crippen LogP contribution is 2.30. The van der Waals surface area contributed by atoms with E-state index >= 15 is 0 Å². The fourth-order valence-electron chi connectivity index (χ4n) is 3.51. The minimum atomic E-state index is -0.723. The van der Waals surface area contributed by atoms with Gasteiger partial charge in [-0.15, -0.1) is 0 Å². The average molecular weight is 348 g/mol. The molecule has 0 saturated carbocycles. The number of fused-ring (bicyclic) bond motifs is 1. The van der Waals surface area contributed by atoms with Crippen molar-refractivity contribution in [2.75, 3.05) is 23.0 Å². The highest BCUT2D eigenvalue weighted by atomic mass is 32.2. The number of amides is 2. The predicted octanol–water partition coefficient (Wildman–Crippen LogP) is 1.87. The van der Waals surface area contributed by atoms with Crippen molar-refractivity contribution in [3.8, 4) is 0 Å². The quantitative estimate of drug-likeness (QED) is 0.830. The second kappa shape index (κ2) is 7.15. The van der Waals surface area contributed by atoms with E-state index in [0.717, 1.165) is 37.1 Å². The highest BCUT2D eigenvalue weighted by Gasteiger charge is 2.27. The first-order chi connectivity index (χ1) is 11.4. The van der Waals surface area contributed by atoms with Gasteiger partial charge in [0.25, 0.3) is 5.91 Å². The molecule has 0 radical (unpaired) electrons. The van der Waals surface area contributed by atoms with Crippen molar-refractivity contribution in [3.63, 3.8) is 0 Å². The van der Waals surface area contributed by atoms with E-state index in [1.54, 1.807) is 17.9 Å². The molecule has 0 aliphatic carbocycles. The number of benzene rings is 1. The van der Waals surface area contributed by atoms with Crippen LogP contribution >= 0.6 is 0 Å². The first kappa shape index (κ1) is 17.3. The van der Waals surface area contributed by atoms with Gasteiger partial charge in [-0.05, 0) is 36.1 Å². The van der Waals surface area contributed by atoms with Crippen LogP contribution in [0.25, 0.3) is 0 Å². The van der Waals surface area contributed by atoms with Crippen LogP contribution in [0.15, 0.2) is 18.2 Å². The Kier molecular flexibility index (Phi) is 5.15. The Morgan fingerprint density at radius 1 is 1.29 bits per heavy atom. The zero-order chi connectivity index (χ0) is 17.3. The smallest absolute Gasteiger partial charge is 0.251 e. The van der Waals surface area contributed by atoms with Crippen molar-refractivity contribution in [2.45, 2.75) is 39.2 Å². The van der Waals surface area contributed by atoms with Crippen molar-refractivity contribution >= 4 is 28.7 Å². The Morgan fingerprint density at radius 2 is 2.00 bits per heavy atom. The minimum absolute atomic E-state index is 0.0372. The van der Waals surface area contributed by atoms with Gasteiger partial charge >= 0.3 is 0 Å². The summed E-state index contributed by atoms with van der Waals surface area (Å²) in [6.07, 6.45) is 2.43. The average Bonchev–Trinajstić information content (AvgIpc) is 2.55. The van der Waals surface area contributed by atoms with E-state index in [0.29, 0.717) is 23.0 Å². The molecule has 1 aromatic rings. The molecule has 1 aromatic carbocycles. The lowest BCUT2D eigenvalue weighted by Gasteiger charge is -2.33. The molecule has 2 heterocycles. The highest BCUT2D eigenvalue weighted by molar-refractivity contribution is 7.91. The molecule has 5 nitrogen and oxygen atoms in total. The Balaban J connectivity index is 1.74. The molecule has 0 bridgehead atoms. The van der Waals surface area contributed by atoms with Crippen LogP contribution in [0.4, 0.5) is 5.69 Å². The summed E-state index contributed by atoms with van der Waals surface area (Å²) in [5.41, 5.74) is 2.62. The Morgan fingerprint density at radius 3 is 2.67 bits per heavy atom. The van der Waals surface area contributed by atoms with Crippen LogP contribution in [0, 0.1) is 5.92 Å². The van der Waals surface area contributed by atoms with Gasteiger partial charge in [0.1, 0.15) is 11.5 Å². The number of nitrogens with one attached hydrogen (secondary N) is 1. The maximum atomic E-state index is 12.5. The summed E-state index contributed by atoms with van der Waals surface area (Å²) in [7, 11) is 0. The van der Waals surface area contributed by atoms with Crippen molar-refractivity contribution < 1.29 is 14.1 Å². The van der Waals surface area contributed by atoms with E-state index in [-0.39, 0.29) is 17.9 Å². The van der Waals surface area contributed by atoms with Crippen LogP contribution in [0.5, 0.6) is 0 Å². The summed E-state index contributed by atoms with van der Waals surface area (Å²) in [6.45, 7) is 4.43. The second-order valence-electron chi connectivity index (χ2n) is 6.88. The van der Waals surface area contributed by atoms with Gasteiger partial charge in [0, 0.05) is 43.6 Å². The molecule has 2 aliphatic heterocycles. The molecule has 0 spiro atoms. The zero-order valence-corrected chi connectivity index (χ0v) is 15.0. The molecule has 1 unspecified atom stereocenters. The van der Waals surface area contributed by atoms with Crippen molar-refractivity contribution in [1.82, 2.24) is 5.32 Å². The number of nitrogens with zero attached hydrogens (tertiary/aromatic N) is 1. The van der Waals surface area contributed by atoms with Crippen molar-refractivity contribution in [2.24, 2.45) is 5.92 Å². The van der Waals surface area contributed by atoms with Gasteiger partial charge in [-0.1, -0.05) is 18.1 Å². The number of carbonyl (C=O) groups is 2. The third-order valence-corrected chi connectivity index (χ3v) is 6.18. The van der Waals surface area contributed by atoms with Gasteiger partial charge < -0.3 is 14.8 Å². The van der Waals surface area contributed by atoms with Crippen LogP contribution in [0.3, 0.4) is 0 Å². The molecule has 2 amide bonds. The molecule has 1 fully saturated rings. The van der Waals surface area contributed by atoms with E-state index < -0.39 is 11.2 Å². The number of hydrogen-bond donors (Lipinski definition) is 1.